The lowest BCUT2D eigenvalue weighted by molar-refractivity contribution is -0.116. The van der Waals surface area contributed by atoms with Gasteiger partial charge < -0.3 is 10.6 Å². The van der Waals surface area contributed by atoms with Gasteiger partial charge in [-0.1, -0.05) is 25.4 Å². The van der Waals surface area contributed by atoms with Gasteiger partial charge in [-0.25, -0.2) is 0 Å². The molecule has 0 spiro atoms. The van der Waals surface area contributed by atoms with Gasteiger partial charge in [0.2, 0.25) is 5.91 Å². The Bertz CT molecular complexity index is 809. The van der Waals surface area contributed by atoms with E-state index >= 15 is 0 Å². The van der Waals surface area contributed by atoms with E-state index < -0.39 is 0 Å². The van der Waals surface area contributed by atoms with Crippen molar-refractivity contribution in [2.24, 2.45) is 5.92 Å². The average Bonchev–Trinajstić information content (AvgIpc) is 3.09. The van der Waals surface area contributed by atoms with E-state index in [0.717, 1.165) is 5.69 Å². The van der Waals surface area contributed by atoms with Crippen molar-refractivity contribution >= 4 is 29.1 Å². The van der Waals surface area contributed by atoms with Gasteiger partial charge in [0.1, 0.15) is 6.54 Å². The van der Waals surface area contributed by atoms with Crippen molar-refractivity contribution in [3.8, 4) is 0 Å². The number of aromatic nitrogens is 4. The number of anilines is 1. The maximum atomic E-state index is 12.4. The van der Waals surface area contributed by atoms with Gasteiger partial charge in [0, 0.05) is 19.3 Å². The first-order valence-electron chi connectivity index (χ1n) is 8.57. The molecule has 0 aromatic carbocycles. The van der Waals surface area contributed by atoms with Gasteiger partial charge in [0.15, 0.2) is 5.69 Å². The molecule has 0 radical (unpaired) electrons. The Labute approximate surface area is 157 Å². The smallest absolute Gasteiger partial charge is 0.273 e. The average molecular weight is 381 g/mol. The highest BCUT2D eigenvalue weighted by Crippen LogP contribution is 2.19. The summed E-state index contributed by atoms with van der Waals surface area (Å²) in [6, 6.07) is 0. The zero-order valence-corrected chi connectivity index (χ0v) is 16.5. The van der Waals surface area contributed by atoms with E-state index in [4.69, 9.17) is 11.6 Å². The molecule has 0 aliphatic carbocycles. The molecule has 0 fully saturated rings. The summed E-state index contributed by atoms with van der Waals surface area (Å²) in [4.78, 5) is 24.8. The van der Waals surface area contributed by atoms with Crippen LogP contribution in [0.1, 0.15) is 42.6 Å². The minimum atomic E-state index is -0.310. The fourth-order valence-electron chi connectivity index (χ4n) is 2.38. The van der Waals surface area contributed by atoms with Crippen LogP contribution in [0.15, 0.2) is 6.20 Å². The number of nitrogens with zero attached hydrogens (tertiary/aromatic N) is 4. The Morgan fingerprint density at radius 2 is 1.96 bits per heavy atom. The van der Waals surface area contributed by atoms with Gasteiger partial charge >= 0.3 is 0 Å². The third-order valence-corrected chi connectivity index (χ3v) is 4.38. The Morgan fingerprint density at radius 1 is 1.27 bits per heavy atom. The van der Waals surface area contributed by atoms with Crippen molar-refractivity contribution in [1.82, 2.24) is 24.9 Å². The predicted octanol–water partition coefficient (Wildman–Crippen LogP) is 2.39. The molecule has 2 N–H and O–H groups in total. The summed E-state index contributed by atoms with van der Waals surface area (Å²) in [5.74, 6) is -0.294. The number of hydrogen-bond donors (Lipinski definition) is 2. The lowest BCUT2D eigenvalue weighted by Gasteiger charge is -2.08. The lowest BCUT2D eigenvalue weighted by atomic mass is 10.2. The molecular formula is C17H25ClN6O2. The molecule has 9 heteroatoms. The highest BCUT2D eigenvalue weighted by molar-refractivity contribution is 6.31. The Kier molecular flexibility index (Phi) is 6.42. The van der Waals surface area contributed by atoms with E-state index in [-0.39, 0.29) is 24.1 Å². The van der Waals surface area contributed by atoms with E-state index in [9.17, 15) is 9.59 Å². The van der Waals surface area contributed by atoms with Crippen molar-refractivity contribution in [2.75, 3.05) is 11.9 Å². The molecule has 0 aliphatic rings. The van der Waals surface area contributed by atoms with Crippen molar-refractivity contribution in [3.05, 3.63) is 28.3 Å². The number of aryl methyl sites for hydroxylation is 2. The quantitative estimate of drug-likeness (QED) is 0.771. The van der Waals surface area contributed by atoms with Gasteiger partial charge in [-0.3, -0.25) is 19.0 Å². The van der Waals surface area contributed by atoms with Gasteiger partial charge in [-0.15, -0.1) is 0 Å². The van der Waals surface area contributed by atoms with Crippen LogP contribution in [0.3, 0.4) is 0 Å². The normalized spacial score (nSPS) is 11.0. The second kappa shape index (κ2) is 8.35. The molecule has 0 atom stereocenters. The summed E-state index contributed by atoms with van der Waals surface area (Å²) in [7, 11) is 0. The summed E-state index contributed by atoms with van der Waals surface area (Å²) in [6.07, 6.45) is 1.65. The fourth-order valence-corrected chi connectivity index (χ4v) is 2.51. The fraction of sp³-hybridized carbons (Fsp3) is 0.529. The monoisotopic (exact) mass is 380 g/mol. The third kappa shape index (κ3) is 4.63. The first-order valence-corrected chi connectivity index (χ1v) is 8.95. The Balaban J connectivity index is 2.14. The first kappa shape index (κ1) is 20.0. The minimum Gasteiger partial charge on any atom is -0.350 e. The van der Waals surface area contributed by atoms with Crippen LogP contribution in [0.4, 0.5) is 5.69 Å². The largest absolute Gasteiger partial charge is 0.350 e. The molecule has 2 rings (SSSR count). The van der Waals surface area contributed by atoms with Gasteiger partial charge in [0.05, 0.1) is 22.1 Å². The molecule has 0 saturated heterocycles. The van der Waals surface area contributed by atoms with E-state index in [0.29, 0.717) is 35.4 Å². The van der Waals surface area contributed by atoms with Gasteiger partial charge in [-0.05, 0) is 26.7 Å². The Hall–Kier alpha value is -2.35. The van der Waals surface area contributed by atoms with Crippen LogP contribution in [-0.2, 0) is 17.9 Å². The molecule has 0 saturated carbocycles. The second-order valence-corrected chi connectivity index (χ2v) is 6.92. The van der Waals surface area contributed by atoms with Crippen LogP contribution in [0.5, 0.6) is 0 Å². The summed E-state index contributed by atoms with van der Waals surface area (Å²) in [6.45, 7) is 10.6. The van der Waals surface area contributed by atoms with Crippen molar-refractivity contribution in [3.63, 3.8) is 0 Å². The molecule has 8 nitrogen and oxygen atoms in total. The number of rotatable bonds is 7. The second-order valence-electron chi connectivity index (χ2n) is 6.54. The van der Waals surface area contributed by atoms with Crippen LogP contribution in [0.2, 0.25) is 5.02 Å². The summed E-state index contributed by atoms with van der Waals surface area (Å²) in [5, 5.41) is 14.6. The molecule has 0 bridgehead atoms. The van der Waals surface area contributed by atoms with Crippen LogP contribution in [-0.4, -0.2) is 37.9 Å². The van der Waals surface area contributed by atoms with E-state index in [2.05, 4.69) is 20.8 Å². The molecule has 2 heterocycles. The minimum absolute atomic E-state index is 0.00372. The molecule has 0 aliphatic heterocycles. The maximum absolute atomic E-state index is 12.4. The van der Waals surface area contributed by atoms with Crippen molar-refractivity contribution in [1.29, 1.82) is 0 Å². The Morgan fingerprint density at radius 3 is 2.50 bits per heavy atom. The van der Waals surface area contributed by atoms with Crippen molar-refractivity contribution < 1.29 is 9.59 Å². The van der Waals surface area contributed by atoms with Crippen LogP contribution < -0.4 is 10.6 Å². The first-order chi connectivity index (χ1) is 12.2. The molecule has 2 aromatic heterocycles. The molecule has 26 heavy (non-hydrogen) atoms. The number of carbonyl (C=O) groups excluding carboxylic acids is 2. The number of carbonyl (C=O) groups is 2. The highest BCUT2D eigenvalue weighted by Gasteiger charge is 2.19. The SMILES string of the molecule is CCn1cc(NC(=O)Cn2nc(C)c(Cl)c2C)c(C(=O)NCC(C)C)n1. The molecule has 2 aromatic rings. The summed E-state index contributed by atoms with van der Waals surface area (Å²) < 4.78 is 3.15. The number of nitrogens with one attached hydrogen (secondary N) is 2. The number of hydrogen-bond acceptors (Lipinski definition) is 4. The van der Waals surface area contributed by atoms with Crippen molar-refractivity contribution in [2.45, 2.75) is 47.7 Å². The molecule has 142 valence electrons. The topological polar surface area (TPSA) is 93.8 Å². The lowest BCUT2D eigenvalue weighted by Crippen LogP contribution is -2.29. The highest BCUT2D eigenvalue weighted by atomic mass is 35.5. The number of amides is 2. The van der Waals surface area contributed by atoms with Gasteiger partial charge in [-0.2, -0.15) is 10.2 Å². The third-order valence-electron chi connectivity index (χ3n) is 3.83. The molecule has 2 amide bonds. The van der Waals surface area contributed by atoms with Gasteiger partial charge in [0.25, 0.3) is 5.91 Å². The maximum Gasteiger partial charge on any atom is 0.273 e. The van der Waals surface area contributed by atoms with E-state index in [1.54, 1.807) is 24.7 Å². The summed E-state index contributed by atoms with van der Waals surface area (Å²) in [5.41, 5.74) is 1.97. The van der Waals surface area contributed by atoms with E-state index in [1.165, 1.54) is 4.68 Å². The molecule has 0 unspecified atom stereocenters. The van der Waals surface area contributed by atoms with E-state index in [1.807, 2.05) is 20.8 Å². The standard InChI is InChI=1S/C17H25ClN6O2/c1-6-23-8-13(16(22-23)17(26)19-7-10(2)3)20-14(25)9-24-12(5)15(18)11(4)21-24/h8,10H,6-7,9H2,1-5H3,(H,19,26)(H,20,25). The zero-order chi connectivity index (χ0) is 19.4. The predicted molar refractivity (Wildman–Crippen MR) is 100 cm³/mol. The van der Waals surface area contributed by atoms with Crippen LogP contribution >= 0.6 is 11.6 Å². The summed E-state index contributed by atoms with van der Waals surface area (Å²) >= 11 is 6.11. The van der Waals surface area contributed by atoms with Crippen LogP contribution in [0, 0.1) is 19.8 Å². The zero-order valence-electron chi connectivity index (χ0n) is 15.8. The molecular weight excluding hydrogens is 356 g/mol. The number of halogens is 1. The van der Waals surface area contributed by atoms with Crippen LogP contribution in [0.25, 0.3) is 0 Å².